The van der Waals surface area contributed by atoms with Gasteiger partial charge in [0.25, 0.3) is 0 Å². The van der Waals surface area contributed by atoms with Crippen LogP contribution in [0.5, 0.6) is 0 Å². The number of aliphatic hydroxyl groups is 1. The minimum absolute atomic E-state index is 0.243. The first kappa shape index (κ1) is 25.6. The van der Waals surface area contributed by atoms with Crippen molar-refractivity contribution in [1.82, 2.24) is 15.5 Å². The van der Waals surface area contributed by atoms with E-state index in [0.29, 0.717) is 12.0 Å². The first-order valence-corrected chi connectivity index (χ1v) is 12.3. The maximum atomic E-state index is 9.22. The predicted octanol–water partition coefficient (Wildman–Crippen LogP) is 3.41. The highest BCUT2D eigenvalue weighted by Gasteiger charge is 2.19. The Hall–Kier alpha value is -1.63. The Labute approximate surface area is 189 Å². The number of guanidine groups is 1. The molecule has 1 fully saturated rings. The van der Waals surface area contributed by atoms with Gasteiger partial charge in [-0.3, -0.25) is 9.89 Å². The van der Waals surface area contributed by atoms with Gasteiger partial charge in [-0.05, 0) is 50.5 Å². The molecule has 0 spiro atoms. The average molecular weight is 433 g/mol. The molecule has 1 aliphatic rings. The number of likely N-dealkylation sites (tertiary alicyclic amines) is 1. The summed E-state index contributed by atoms with van der Waals surface area (Å²) in [6, 6.07) is 10.7. The average Bonchev–Trinajstić information content (AvgIpc) is 2.79. The lowest BCUT2D eigenvalue weighted by molar-refractivity contribution is 0.00534. The van der Waals surface area contributed by atoms with Crippen LogP contribution in [-0.2, 0) is 11.3 Å². The van der Waals surface area contributed by atoms with E-state index >= 15 is 0 Å². The van der Waals surface area contributed by atoms with Gasteiger partial charge in [0, 0.05) is 52.5 Å². The molecular weight excluding hydrogens is 388 g/mol. The second-order valence-electron chi connectivity index (χ2n) is 8.50. The topological polar surface area (TPSA) is 69.1 Å². The molecule has 1 atom stereocenters. The summed E-state index contributed by atoms with van der Waals surface area (Å²) < 4.78 is 6.13. The summed E-state index contributed by atoms with van der Waals surface area (Å²) in [6.45, 7) is 11.0. The van der Waals surface area contributed by atoms with Crippen LogP contribution in [0.3, 0.4) is 0 Å². The first-order valence-electron chi connectivity index (χ1n) is 12.3. The van der Waals surface area contributed by atoms with Crippen LogP contribution in [0.4, 0.5) is 0 Å². The van der Waals surface area contributed by atoms with Crippen molar-refractivity contribution in [2.24, 2.45) is 10.9 Å². The quantitative estimate of drug-likeness (QED) is 0.239. The van der Waals surface area contributed by atoms with Crippen LogP contribution in [0.15, 0.2) is 35.3 Å². The van der Waals surface area contributed by atoms with Crippen molar-refractivity contribution < 1.29 is 9.84 Å². The molecule has 2 rings (SSSR count). The molecule has 1 aromatic rings. The highest BCUT2D eigenvalue weighted by Crippen LogP contribution is 2.16. The monoisotopic (exact) mass is 432 g/mol. The molecule has 0 amide bonds. The number of hydrogen-bond donors (Lipinski definition) is 3. The van der Waals surface area contributed by atoms with Gasteiger partial charge >= 0.3 is 0 Å². The Morgan fingerprint density at radius 2 is 1.94 bits per heavy atom. The van der Waals surface area contributed by atoms with Crippen LogP contribution in [0.25, 0.3) is 0 Å². The molecule has 0 bridgehead atoms. The van der Waals surface area contributed by atoms with Crippen LogP contribution in [-0.4, -0.2) is 68.0 Å². The number of ether oxygens (including phenoxy) is 1. The van der Waals surface area contributed by atoms with E-state index < -0.39 is 0 Å². The molecule has 1 aliphatic heterocycles. The van der Waals surface area contributed by atoms with Crippen LogP contribution >= 0.6 is 0 Å². The zero-order chi connectivity index (χ0) is 22.2. The molecule has 3 N–H and O–H groups in total. The SMILES string of the molecule is CCCC(CCO)CN=C(NCC)NCCCOC1CCN(Cc2ccccc2)CC1. The molecule has 1 aromatic carbocycles. The van der Waals surface area contributed by atoms with Gasteiger partial charge in [-0.1, -0.05) is 43.7 Å². The predicted molar refractivity (Wildman–Crippen MR) is 129 cm³/mol. The van der Waals surface area contributed by atoms with Gasteiger partial charge < -0.3 is 20.5 Å². The number of aliphatic imine (C=N–C) groups is 1. The van der Waals surface area contributed by atoms with E-state index in [1.54, 1.807) is 0 Å². The lowest BCUT2D eigenvalue weighted by atomic mass is 10.0. The zero-order valence-corrected chi connectivity index (χ0v) is 19.7. The molecule has 0 radical (unpaired) electrons. The Morgan fingerprint density at radius 3 is 2.61 bits per heavy atom. The number of hydrogen-bond acceptors (Lipinski definition) is 4. The molecule has 0 aliphatic carbocycles. The van der Waals surface area contributed by atoms with Crippen molar-refractivity contribution in [1.29, 1.82) is 0 Å². The third kappa shape index (κ3) is 11.0. The van der Waals surface area contributed by atoms with Gasteiger partial charge in [-0.2, -0.15) is 0 Å². The van der Waals surface area contributed by atoms with E-state index in [0.717, 1.165) is 90.4 Å². The van der Waals surface area contributed by atoms with E-state index in [9.17, 15) is 5.11 Å². The van der Waals surface area contributed by atoms with Gasteiger partial charge in [0.2, 0.25) is 0 Å². The van der Waals surface area contributed by atoms with E-state index in [1.807, 2.05) is 0 Å². The third-order valence-corrected chi connectivity index (χ3v) is 5.84. The highest BCUT2D eigenvalue weighted by molar-refractivity contribution is 5.79. The second kappa shape index (κ2) is 16.1. The molecular formula is C25H44N4O2. The minimum atomic E-state index is 0.243. The summed E-state index contributed by atoms with van der Waals surface area (Å²) in [5.74, 6) is 1.33. The summed E-state index contributed by atoms with van der Waals surface area (Å²) >= 11 is 0. The summed E-state index contributed by atoms with van der Waals surface area (Å²) in [5.41, 5.74) is 1.39. The van der Waals surface area contributed by atoms with Crippen molar-refractivity contribution in [2.45, 2.75) is 65.0 Å². The summed E-state index contributed by atoms with van der Waals surface area (Å²) in [5, 5.41) is 16.0. The van der Waals surface area contributed by atoms with Gasteiger partial charge in [-0.25, -0.2) is 0 Å². The summed E-state index contributed by atoms with van der Waals surface area (Å²) in [6.07, 6.45) is 6.68. The largest absolute Gasteiger partial charge is 0.396 e. The van der Waals surface area contributed by atoms with Crippen LogP contribution < -0.4 is 10.6 Å². The molecule has 1 heterocycles. The number of nitrogens with zero attached hydrogens (tertiary/aromatic N) is 2. The smallest absolute Gasteiger partial charge is 0.191 e. The molecule has 0 saturated carbocycles. The van der Waals surface area contributed by atoms with Crippen molar-refractivity contribution >= 4 is 5.96 Å². The highest BCUT2D eigenvalue weighted by atomic mass is 16.5. The molecule has 1 unspecified atom stereocenters. The number of aliphatic hydroxyl groups excluding tert-OH is 1. The Bertz CT molecular complexity index is 582. The maximum absolute atomic E-state index is 9.22. The Kier molecular flexibility index (Phi) is 13.3. The zero-order valence-electron chi connectivity index (χ0n) is 19.7. The van der Waals surface area contributed by atoms with Crippen molar-refractivity contribution in [2.75, 3.05) is 45.9 Å². The molecule has 31 heavy (non-hydrogen) atoms. The van der Waals surface area contributed by atoms with E-state index in [-0.39, 0.29) is 6.61 Å². The van der Waals surface area contributed by atoms with Gasteiger partial charge in [0.1, 0.15) is 0 Å². The fourth-order valence-electron chi connectivity index (χ4n) is 4.08. The summed E-state index contributed by atoms with van der Waals surface area (Å²) in [4.78, 5) is 7.24. The van der Waals surface area contributed by atoms with Gasteiger partial charge in [0.15, 0.2) is 5.96 Å². The summed E-state index contributed by atoms with van der Waals surface area (Å²) in [7, 11) is 0. The van der Waals surface area contributed by atoms with Gasteiger partial charge in [0.05, 0.1) is 6.10 Å². The third-order valence-electron chi connectivity index (χ3n) is 5.84. The molecule has 1 saturated heterocycles. The molecule has 6 heteroatoms. The molecule has 176 valence electrons. The number of piperidine rings is 1. The lowest BCUT2D eigenvalue weighted by Gasteiger charge is -2.32. The maximum Gasteiger partial charge on any atom is 0.191 e. The first-order chi connectivity index (χ1) is 15.2. The lowest BCUT2D eigenvalue weighted by Crippen LogP contribution is -2.39. The van der Waals surface area contributed by atoms with Crippen molar-refractivity contribution in [3.63, 3.8) is 0 Å². The van der Waals surface area contributed by atoms with E-state index in [1.165, 1.54) is 5.56 Å². The molecule has 0 aromatic heterocycles. The second-order valence-corrected chi connectivity index (χ2v) is 8.50. The van der Waals surface area contributed by atoms with Crippen LogP contribution in [0, 0.1) is 5.92 Å². The van der Waals surface area contributed by atoms with E-state index in [4.69, 9.17) is 9.73 Å². The van der Waals surface area contributed by atoms with Crippen molar-refractivity contribution in [3.8, 4) is 0 Å². The van der Waals surface area contributed by atoms with Gasteiger partial charge in [-0.15, -0.1) is 0 Å². The van der Waals surface area contributed by atoms with Crippen LogP contribution in [0.1, 0.15) is 57.9 Å². The number of rotatable bonds is 14. The number of nitrogens with one attached hydrogen (secondary N) is 2. The van der Waals surface area contributed by atoms with E-state index in [2.05, 4.69) is 59.7 Å². The van der Waals surface area contributed by atoms with Crippen LogP contribution in [0.2, 0.25) is 0 Å². The van der Waals surface area contributed by atoms with Crippen molar-refractivity contribution in [3.05, 3.63) is 35.9 Å². The molecule has 6 nitrogen and oxygen atoms in total. The normalized spacial score (nSPS) is 16.9. The Morgan fingerprint density at radius 1 is 1.16 bits per heavy atom. The fraction of sp³-hybridized carbons (Fsp3) is 0.720. The number of benzene rings is 1. The standard InChI is InChI=1S/C25H44N4O2/c1-3-9-22(14-18-30)20-28-25(26-4-2)27-15-8-19-31-24-12-16-29(17-13-24)21-23-10-6-5-7-11-23/h5-7,10-11,22,24,30H,3-4,8-9,12-21H2,1-2H3,(H2,26,27,28). The minimum Gasteiger partial charge on any atom is -0.396 e. The fourth-order valence-corrected chi connectivity index (χ4v) is 4.08. The Balaban J connectivity index is 1.59.